The van der Waals surface area contributed by atoms with Crippen molar-refractivity contribution in [2.75, 3.05) is 11.4 Å². The zero-order valence-electron chi connectivity index (χ0n) is 13.3. The Morgan fingerprint density at radius 1 is 1.38 bits per heavy atom. The third-order valence-electron chi connectivity index (χ3n) is 4.07. The Morgan fingerprint density at radius 2 is 2.10 bits per heavy atom. The van der Waals surface area contributed by atoms with Gasteiger partial charge in [0.1, 0.15) is 0 Å². The number of hydrogen-bond donors (Lipinski definition) is 1. The molecule has 0 saturated heterocycles. The summed E-state index contributed by atoms with van der Waals surface area (Å²) in [6.45, 7) is 7.26. The van der Waals surface area contributed by atoms with Gasteiger partial charge in [0.2, 0.25) is 5.91 Å². The van der Waals surface area contributed by atoms with E-state index >= 15 is 0 Å². The summed E-state index contributed by atoms with van der Waals surface area (Å²) in [5, 5.41) is 0. The fraction of sp³-hybridized carbons (Fsp3) is 0.588. The number of anilines is 1. The average molecular weight is 311 g/mol. The molecule has 2 rings (SSSR count). The third kappa shape index (κ3) is 3.98. The van der Waals surface area contributed by atoms with Gasteiger partial charge in [0.15, 0.2) is 0 Å². The molecule has 1 unspecified atom stereocenters. The van der Waals surface area contributed by atoms with Crippen molar-refractivity contribution in [3.8, 4) is 0 Å². The smallest absolute Gasteiger partial charge is 0.243 e. The third-order valence-corrected chi connectivity index (χ3v) is 4.07. The summed E-state index contributed by atoms with van der Waals surface area (Å²) in [4.78, 5) is 14.4. The molecule has 0 bridgehead atoms. The first-order chi connectivity index (χ1) is 9.54. The average Bonchev–Trinajstić information content (AvgIpc) is 2.45. The van der Waals surface area contributed by atoms with Crippen molar-refractivity contribution in [1.29, 1.82) is 0 Å². The van der Waals surface area contributed by atoms with Crippen LogP contribution in [0.1, 0.15) is 57.1 Å². The van der Waals surface area contributed by atoms with Crippen LogP contribution in [-0.2, 0) is 11.2 Å². The second kappa shape index (κ2) is 7.81. The van der Waals surface area contributed by atoms with E-state index in [1.165, 1.54) is 11.1 Å². The lowest BCUT2D eigenvalue weighted by atomic mass is 9.94. The molecule has 1 aliphatic heterocycles. The van der Waals surface area contributed by atoms with E-state index in [0.29, 0.717) is 5.92 Å². The molecule has 0 fully saturated rings. The second-order valence-corrected chi connectivity index (χ2v) is 6.03. The van der Waals surface area contributed by atoms with Gasteiger partial charge in [-0.05, 0) is 42.4 Å². The van der Waals surface area contributed by atoms with Crippen molar-refractivity contribution in [2.45, 2.75) is 58.4 Å². The molecule has 0 aromatic heterocycles. The van der Waals surface area contributed by atoms with E-state index in [1.807, 2.05) is 4.90 Å². The van der Waals surface area contributed by atoms with Crippen molar-refractivity contribution < 1.29 is 4.79 Å². The highest BCUT2D eigenvalue weighted by atomic mass is 35.5. The summed E-state index contributed by atoms with van der Waals surface area (Å²) in [5.41, 5.74) is 9.70. The van der Waals surface area contributed by atoms with Gasteiger partial charge < -0.3 is 10.6 Å². The molecule has 0 saturated carbocycles. The molecule has 1 aromatic carbocycles. The molecule has 2 N–H and O–H groups in total. The standard InChI is InChI=1S/C17H26N2O.ClH/c1-4-6-15(18)17(20)19-10-5-7-14-11-13(12(2)3)8-9-16(14)19;/h8-9,11-12,15H,4-7,10,18H2,1-3H3;1H. The Labute approximate surface area is 134 Å². The summed E-state index contributed by atoms with van der Waals surface area (Å²) in [7, 11) is 0. The topological polar surface area (TPSA) is 46.3 Å². The van der Waals surface area contributed by atoms with Crippen molar-refractivity contribution in [3.63, 3.8) is 0 Å². The summed E-state index contributed by atoms with van der Waals surface area (Å²) >= 11 is 0. The van der Waals surface area contributed by atoms with Crippen LogP contribution < -0.4 is 10.6 Å². The quantitative estimate of drug-likeness (QED) is 0.923. The van der Waals surface area contributed by atoms with Crippen LogP contribution in [0.2, 0.25) is 0 Å². The molecule has 3 nitrogen and oxygen atoms in total. The highest BCUT2D eigenvalue weighted by Crippen LogP contribution is 2.30. The number of rotatable bonds is 4. The Hall–Kier alpha value is -1.06. The molecule has 118 valence electrons. The lowest BCUT2D eigenvalue weighted by Gasteiger charge is -2.32. The molecule has 0 spiro atoms. The van der Waals surface area contributed by atoms with Crippen LogP contribution in [0.15, 0.2) is 18.2 Å². The predicted molar refractivity (Wildman–Crippen MR) is 91.3 cm³/mol. The normalized spacial score (nSPS) is 15.4. The lowest BCUT2D eigenvalue weighted by Crippen LogP contribution is -2.46. The minimum atomic E-state index is -0.365. The number of hydrogen-bond acceptors (Lipinski definition) is 2. The number of amides is 1. The minimum Gasteiger partial charge on any atom is -0.320 e. The summed E-state index contributed by atoms with van der Waals surface area (Å²) in [6, 6.07) is 6.13. The molecule has 21 heavy (non-hydrogen) atoms. The number of carbonyl (C=O) groups is 1. The van der Waals surface area contributed by atoms with Crippen molar-refractivity contribution in [1.82, 2.24) is 0 Å². The molecule has 1 atom stereocenters. The molecule has 0 radical (unpaired) electrons. The number of halogens is 1. The Bertz CT molecular complexity index is 488. The van der Waals surface area contributed by atoms with Crippen LogP contribution in [-0.4, -0.2) is 18.5 Å². The molecular formula is C17H27ClN2O. The van der Waals surface area contributed by atoms with Crippen LogP contribution in [0.4, 0.5) is 5.69 Å². The van der Waals surface area contributed by atoms with Crippen LogP contribution in [0.25, 0.3) is 0 Å². The summed E-state index contributed by atoms with van der Waals surface area (Å²) in [5.74, 6) is 0.596. The van der Waals surface area contributed by atoms with Crippen molar-refractivity contribution in [3.05, 3.63) is 29.3 Å². The van der Waals surface area contributed by atoms with Gasteiger partial charge in [-0.2, -0.15) is 0 Å². The van der Waals surface area contributed by atoms with Gasteiger partial charge in [0.05, 0.1) is 6.04 Å². The van der Waals surface area contributed by atoms with E-state index in [4.69, 9.17) is 5.73 Å². The lowest BCUT2D eigenvalue weighted by molar-refractivity contribution is -0.120. The van der Waals surface area contributed by atoms with Gasteiger partial charge in [-0.3, -0.25) is 4.79 Å². The number of aryl methyl sites for hydroxylation is 1. The molecule has 0 aliphatic carbocycles. The van der Waals surface area contributed by atoms with Gasteiger partial charge >= 0.3 is 0 Å². The maximum atomic E-state index is 12.5. The summed E-state index contributed by atoms with van der Waals surface area (Å²) in [6.07, 6.45) is 3.79. The highest BCUT2D eigenvalue weighted by molar-refractivity contribution is 5.98. The van der Waals surface area contributed by atoms with E-state index in [1.54, 1.807) is 0 Å². The first kappa shape index (κ1) is 18.0. The van der Waals surface area contributed by atoms with Gasteiger partial charge in [-0.15, -0.1) is 12.4 Å². The first-order valence-electron chi connectivity index (χ1n) is 7.74. The Kier molecular flexibility index (Phi) is 6.69. The van der Waals surface area contributed by atoms with Crippen LogP contribution in [0.3, 0.4) is 0 Å². The SMILES string of the molecule is CCCC(N)C(=O)N1CCCc2cc(C(C)C)ccc21.Cl. The van der Waals surface area contributed by atoms with Crippen LogP contribution >= 0.6 is 12.4 Å². The van der Waals surface area contributed by atoms with E-state index in [0.717, 1.165) is 37.9 Å². The van der Waals surface area contributed by atoms with Crippen LogP contribution in [0.5, 0.6) is 0 Å². The number of fused-ring (bicyclic) bond motifs is 1. The zero-order valence-corrected chi connectivity index (χ0v) is 14.1. The molecular weight excluding hydrogens is 284 g/mol. The monoisotopic (exact) mass is 310 g/mol. The molecule has 1 heterocycles. The van der Waals surface area contributed by atoms with Gasteiger partial charge in [0, 0.05) is 12.2 Å². The van der Waals surface area contributed by atoms with Crippen molar-refractivity contribution in [2.24, 2.45) is 5.73 Å². The van der Waals surface area contributed by atoms with Crippen molar-refractivity contribution >= 4 is 24.0 Å². The molecule has 1 aromatic rings. The number of nitrogens with zero attached hydrogens (tertiary/aromatic N) is 1. The predicted octanol–water partition coefficient (Wildman–Crippen LogP) is 3.64. The largest absolute Gasteiger partial charge is 0.320 e. The van der Waals surface area contributed by atoms with Gasteiger partial charge in [-0.25, -0.2) is 0 Å². The van der Waals surface area contributed by atoms with E-state index in [2.05, 4.69) is 39.0 Å². The first-order valence-corrected chi connectivity index (χ1v) is 7.74. The highest BCUT2D eigenvalue weighted by Gasteiger charge is 2.26. The fourth-order valence-electron chi connectivity index (χ4n) is 2.84. The maximum absolute atomic E-state index is 12.5. The number of carbonyl (C=O) groups excluding carboxylic acids is 1. The maximum Gasteiger partial charge on any atom is 0.243 e. The van der Waals surface area contributed by atoms with E-state index in [-0.39, 0.29) is 24.4 Å². The Balaban J connectivity index is 0.00000220. The van der Waals surface area contributed by atoms with Gasteiger partial charge in [-0.1, -0.05) is 39.3 Å². The number of benzene rings is 1. The van der Waals surface area contributed by atoms with Gasteiger partial charge in [0.25, 0.3) is 0 Å². The fourth-order valence-corrected chi connectivity index (χ4v) is 2.84. The molecule has 1 aliphatic rings. The number of nitrogens with two attached hydrogens (primary N) is 1. The molecule has 1 amide bonds. The minimum absolute atomic E-state index is 0. The van der Waals surface area contributed by atoms with Crippen LogP contribution in [0, 0.1) is 0 Å². The van der Waals surface area contributed by atoms with E-state index < -0.39 is 0 Å². The zero-order chi connectivity index (χ0) is 14.7. The Morgan fingerprint density at radius 3 is 2.71 bits per heavy atom. The second-order valence-electron chi connectivity index (χ2n) is 6.03. The summed E-state index contributed by atoms with van der Waals surface area (Å²) < 4.78 is 0. The molecule has 4 heteroatoms. The van der Waals surface area contributed by atoms with E-state index in [9.17, 15) is 4.79 Å².